The fraction of sp³-hybridized carbons (Fsp3) is 0.533. The van der Waals surface area contributed by atoms with E-state index in [1.54, 1.807) is 6.92 Å². The summed E-state index contributed by atoms with van der Waals surface area (Å²) in [5.74, 6) is -2.00. The van der Waals surface area contributed by atoms with E-state index in [1.807, 2.05) is 0 Å². The topological polar surface area (TPSA) is 126 Å². The van der Waals surface area contributed by atoms with Gasteiger partial charge in [0.05, 0.1) is 6.10 Å². The molecule has 0 amide bonds. The second-order valence-corrected chi connectivity index (χ2v) is 5.43. The zero-order chi connectivity index (χ0) is 17.1. The molecule has 1 fully saturated rings. The Morgan fingerprint density at radius 2 is 1.96 bits per heavy atom. The van der Waals surface area contributed by atoms with Gasteiger partial charge < -0.3 is 34.6 Å². The number of hydrogen-bond donors (Lipinski definition) is 4. The molecule has 4 N–H and O–H groups in total. The molecule has 128 valence electrons. The highest BCUT2D eigenvalue weighted by Gasteiger charge is 2.44. The summed E-state index contributed by atoms with van der Waals surface area (Å²) in [6.07, 6.45) is -4.54. The Bertz CT molecular complexity index is 560. The number of hydrogen-bond acceptors (Lipinski definition) is 8. The molecule has 8 nitrogen and oxygen atoms in total. The van der Waals surface area contributed by atoms with Gasteiger partial charge in [-0.25, -0.2) is 0 Å². The Morgan fingerprint density at radius 3 is 2.61 bits per heavy atom. The van der Waals surface area contributed by atoms with E-state index in [1.165, 1.54) is 25.1 Å². The molecule has 1 aromatic rings. The van der Waals surface area contributed by atoms with Gasteiger partial charge in [0.15, 0.2) is 11.5 Å². The Hall–Kier alpha value is -2.03. The van der Waals surface area contributed by atoms with E-state index in [4.69, 9.17) is 14.2 Å². The number of aromatic hydroxyl groups is 2. The van der Waals surface area contributed by atoms with Crippen molar-refractivity contribution in [3.63, 3.8) is 0 Å². The van der Waals surface area contributed by atoms with Gasteiger partial charge in [-0.1, -0.05) is 13.0 Å². The fourth-order valence-corrected chi connectivity index (χ4v) is 2.29. The summed E-state index contributed by atoms with van der Waals surface area (Å²) >= 11 is 0. The smallest absolute Gasteiger partial charge is 0.302 e. The van der Waals surface area contributed by atoms with Gasteiger partial charge in [-0.05, 0) is 12.1 Å². The highest BCUT2D eigenvalue weighted by Crippen LogP contribution is 2.37. The second kappa shape index (κ2) is 7.03. The number of benzene rings is 1. The minimum Gasteiger partial charge on any atom is -0.504 e. The second-order valence-electron chi connectivity index (χ2n) is 5.43. The fourth-order valence-electron chi connectivity index (χ4n) is 2.29. The van der Waals surface area contributed by atoms with Crippen LogP contribution in [0.1, 0.15) is 13.8 Å². The lowest BCUT2D eigenvalue weighted by molar-refractivity contribution is -0.262. The molecular weight excluding hydrogens is 308 g/mol. The average Bonchev–Trinajstić information content (AvgIpc) is 2.50. The Morgan fingerprint density at radius 1 is 1.26 bits per heavy atom. The van der Waals surface area contributed by atoms with Crippen molar-refractivity contribution in [3.8, 4) is 17.2 Å². The van der Waals surface area contributed by atoms with Gasteiger partial charge >= 0.3 is 5.97 Å². The molecule has 0 unspecified atom stereocenters. The Labute approximate surface area is 132 Å². The maximum atomic E-state index is 10.9. The van der Waals surface area contributed by atoms with Gasteiger partial charge in [0.2, 0.25) is 12.0 Å². The highest BCUT2D eigenvalue weighted by atomic mass is 16.7. The van der Waals surface area contributed by atoms with Crippen LogP contribution in [0.25, 0.3) is 0 Å². The molecule has 1 aliphatic heterocycles. The van der Waals surface area contributed by atoms with Crippen molar-refractivity contribution in [1.82, 2.24) is 0 Å². The number of aliphatic hydroxyl groups is 2. The van der Waals surface area contributed by atoms with E-state index in [2.05, 4.69) is 0 Å². The van der Waals surface area contributed by atoms with Crippen molar-refractivity contribution in [1.29, 1.82) is 0 Å². The summed E-state index contributed by atoms with van der Waals surface area (Å²) in [6.45, 7) is 2.79. The number of para-hydroxylation sites is 1. The summed E-state index contributed by atoms with van der Waals surface area (Å²) in [5.41, 5.74) is 0. The first kappa shape index (κ1) is 17.3. The van der Waals surface area contributed by atoms with E-state index in [0.717, 1.165) is 0 Å². The van der Waals surface area contributed by atoms with E-state index < -0.39 is 48.0 Å². The van der Waals surface area contributed by atoms with Crippen molar-refractivity contribution in [2.24, 2.45) is 5.92 Å². The maximum absolute atomic E-state index is 10.9. The third-order valence-electron chi connectivity index (χ3n) is 3.73. The molecule has 5 atom stereocenters. The molecule has 1 aromatic carbocycles. The summed E-state index contributed by atoms with van der Waals surface area (Å²) in [7, 11) is 0. The number of phenols is 2. The quantitative estimate of drug-likeness (QED) is 0.454. The number of aliphatic hydroxyl groups excluding tert-OH is 2. The van der Waals surface area contributed by atoms with Crippen LogP contribution < -0.4 is 4.74 Å². The van der Waals surface area contributed by atoms with Crippen LogP contribution in [0.5, 0.6) is 17.2 Å². The molecule has 0 saturated carbocycles. The van der Waals surface area contributed by atoms with Crippen LogP contribution in [0.3, 0.4) is 0 Å². The lowest BCUT2D eigenvalue weighted by Gasteiger charge is -2.40. The average molecular weight is 328 g/mol. The van der Waals surface area contributed by atoms with Gasteiger partial charge in [-0.3, -0.25) is 4.79 Å². The molecule has 0 aliphatic carbocycles. The molecule has 1 heterocycles. The van der Waals surface area contributed by atoms with Gasteiger partial charge in [0, 0.05) is 12.8 Å². The van der Waals surface area contributed by atoms with E-state index in [9.17, 15) is 25.2 Å². The largest absolute Gasteiger partial charge is 0.504 e. The van der Waals surface area contributed by atoms with Crippen LogP contribution in [0.2, 0.25) is 0 Å². The number of carbonyl (C=O) groups excluding carboxylic acids is 1. The van der Waals surface area contributed by atoms with Crippen LogP contribution in [-0.2, 0) is 14.3 Å². The molecule has 1 saturated heterocycles. The minimum atomic E-state index is -1.37. The first-order valence-corrected chi connectivity index (χ1v) is 7.13. The van der Waals surface area contributed by atoms with Gasteiger partial charge in [-0.15, -0.1) is 0 Å². The lowest BCUT2D eigenvalue weighted by atomic mass is 9.91. The third kappa shape index (κ3) is 3.84. The molecule has 23 heavy (non-hydrogen) atoms. The van der Waals surface area contributed by atoms with Crippen molar-refractivity contribution in [3.05, 3.63) is 18.2 Å². The monoisotopic (exact) mass is 328 g/mol. The summed E-state index contributed by atoms with van der Waals surface area (Å²) < 4.78 is 15.8. The Kier molecular flexibility index (Phi) is 5.30. The normalized spacial score (nSPS) is 30.7. The molecule has 1 aliphatic rings. The zero-order valence-electron chi connectivity index (χ0n) is 12.7. The maximum Gasteiger partial charge on any atom is 0.302 e. The van der Waals surface area contributed by atoms with Gasteiger partial charge in [0.1, 0.15) is 18.8 Å². The molecule has 0 aromatic heterocycles. The van der Waals surface area contributed by atoms with Crippen LogP contribution >= 0.6 is 0 Å². The predicted octanol–water partition coefficient (Wildman–Crippen LogP) is 0.122. The Balaban J connectivity index is 2.13. The zero-order valence-corrected chi connectivity index (χ0v) is 12.7. The molecule has 0 bridgehead atoms. The van der Waals surface area contributed by atoms with E-state index >= 15 is 0 Å². The molecule has 0 radical (unpaired) electrons. The predicted molar refractivity (Wildman–Crippen MR) is 76.9 cm³/mol. The standard InChI is InChI=1S/C15H20O8/c1-7-11(6-21-8(2)16)23-15(14(20)12(7)18)22-10-5-3-4-9(17)13(10)19/h3-5,7,11-12,14-15,17-20H,6H2,1-2H3/t7-,11-,12+,14-,15-/m1/s1. The number of ether oxygens (including phenoxy) is 3. The van der Waals surface area contributed by atoms with Gasteiger partial charge in [0.25, 0.3) is 0 Å². The van der Waals surface area contributed by atoms with Crippen LogP contribution in [0.4, 0.5) is 0 Å². The molecule has 2 rings (SSSR count). The van der Waals surface area contributed by atoms with Crippen molar-refractivity contribution < 1.29 is 39.4 Å². The van der Waals surface area contributed by atoms with Gasteiger partial charge in [-0.2, -0.15) is 0 Å². The number of phenolic OH excluding ortho intramolecular Hbond substituents is 2. The minimum absolute atomic E-state index is 0.105. The number of carbonyl (C=O) groups is 1. The molecule has 0 spiro atoms. The van der Waals surface area contributed by atoms with E-state index in [0.29, 0.717) is 0 Å². The highest BCUT2D eigenvalue weighted by molar-refractivity contribution is 5.65. The van der Waals surface area contributed by atoms with Crippen molar-refractivity contribution in [2.45, 2.75) is 38.4 Å². The number of esters is 1. The van der Waals surface area contributed by atoms with Crippen molar-refractivity contribution in [2.75, 3.05) is 6.61 Å². The van der Waals surface area contributed by atoms with Crippen molar-refractivity contribution >= 4 is 5.97 Å². The summed E-state index contributed by atoms with van der Waals surface area (Å²) in [4.78, 5) is 10.9. The SMILES string of the molecule is CC(=O)OC[C@H]1O[C@@H](Oc2cccc(O)c2O)[C@H](O)[C@@H](O)[C@@H]1C. The van der Waals surface area contributed by atoms with E-state index in [-0.39, 0.29) is 12.4 Å². The van der Waals surface area contributed by atoms with Crippen LogP contribution in [0, 0.1) is 5.92 Å². The first-order chi connectivity index (χ1) is 10.8. The first-order valence-electron chi connectivity index (χ1n) is 7.13. The number of rotatable bonds is 4. The summed E-state index contributed by atoms with van der Waals surface area (Å²) in [6, 6.07) is 4.08. The summed E-state index contributed by atoms with van der Waals surface area (Å²) in [5, 5.41) is 39.3. The third-order valence-corrected chi connectivity index (χ3v) is 3.73. The molecular formula is C15H20O8. The lowest BCUT2D eigenvalue weighted by Crippen LogP contribution is -2.56. The van der Waals surface area contributed by atoms with Crippen LogP contribution in [-0.4, -0.2) is 57.6 Å². The molecule has 8 heteroatoms. The van der Waals surface area contributed by atoms with Crippen LogP contribution in [0.15, 0.2) is 18.2 Å².